The second-order valence-electron chi connectivity index (χ2n) is 8.85. The quantitative estimate of drug-likeness (QED) is 0.205. The van der Waals surface area contributed by atoms with Crippen LogP contribution in [0.4, 0.5) is 0 Å². The van der Waals surface area contributed by atoms with E-state index in [1.807, 2.05) is 13.8 Å². The highest BCUT2D eigenvalue weighted by Crippen LogP contribution is 2.13. The van der Waals surface area contributed by atoms with Crippen LogP contribution >= 0.6 is 0 Å². The third kappa shape index (κ3) is 8.31. The molecule has 0 spiro atoms. The molecule has 34 heavy (non-hydrogen) atoms. The maximum absolute atomic E-state index is 13.2. The summed E-state index contributed by atoms with van der Waals surface area (Å²) in [4.78, 5) is 49.8. The molecule has 0 saturated carbocycles. The van der Waals surface area contributed by atoms with Gasteiger partial charge in [0.2, 0.25) is 17.7 Å². The van der Waals surface area contributed by atoms with Gasteiger partial charge in [-0.25, -0.2) is 4.79 Å². The van der Waals surface area contributed by atoms with Gasteiger partial charge in [0.1, 0.15) is 23.9 Å². The van der Waals surface area contributed by atoms with Crippen molar-refractivity contribution in [3.63, 3.8) is 0 Å². The molecule has 3 amide bonds. The molecule has 0 aliphatic carbocycles. The van der Waals surface area contributed by atoms with E-state index in [-0.39, 0.29) is 30.4 Å². The molecule has 2 rings (SSSR count). The number of amides is 3. The number of aromatic hydroxyl groups is 1. The van der Waals surface area contributed by atoms with Crippen LogP contribution in [0.1, 0.15) is 38.7 Å². The molecule has 7 N–H and O–H groups in total. The van der Waals surface area contributed by atoms with E-state index in [9.17, 15) is 29.4 Å². The first-order valence-corrected chi connectivity index (χ1v) is 11.4. The summed E-state index contributed by atoms with van der Waals surface area (Å²) in [7, 11) is 0. The van der Waals surface area contributed by atoms with Crippen LogP contribution in [0.25, 0.3) is 0 Å². The first kappa shape index (κ1) is 27.1. The van der Waals surface area contributed by atoms with E-state index in [1.165, 1.54) is 12.1 Å². The second-order valence-corrected chi connectivity index (χ2v) is 8.85. The van der Waals surface area contributed by atoms with Gasteiger partial charge in [-0.05, 0) is 49.4 Å². The Hall–Kier alpha value is -3.18. The minimum Gasteiger partial charge on any atom is -0.508 e. The van der Waals surface area contributed by atoms with Crippen LogP contribution in [0, 0.1) is 5.92 Å². The highest BCUT2D eigenvalue weighted by Gasteiger charge is 2.31. The number of rotatable bonds is 12. The number of aliphatic carboxylic acids is 1. The predicted molar refractivity (Wildman–Crippen MR) is 123 cm³/mol. The van der Waals surface area contributed by atoms with E-state index in [0.29, 0.717) is 18.5 Å². The monoisotopic (exact) mass is 478 g/mol. The number of carboxylic acids is 1. The Morgan fingerprint density at radius 1 is 1.00 bits per heavy atom. The number of nitrogens with one attached hydrogen (secondary N) is 4. The number of aliphatic hydroxyl groups excluding tert-OH is 1. The van der Waals surface area contributed by atoms with Gasteiger partial charge in [-0.3, -0.25) is 14.4 Å². The van der Waals surface area contributed by atoms with Crippen molar-refractivity contribution >= 4 is 23.7 Å². The Labute approximate surface area is 198 Å². The van der Waals surface area contributed by atoms with Crippen molar-refractivity contribution in [2.24, 2.45) is 5.92 Å². The maximum atomic E-state index is 13.2. The molecule has 0 aromatic heterocycles. The van der Waals surface area contributed by atoms with E-state index < -0.39 is 48.6 Å². The largest absolute Gasteiger partial charge is 0.508 e. The van der Waals surface area contributed by atoms with Crippen molar-refractivity contribution in [1.82, 2.24) is 21.3 Å². The molecule has 1 saturated heterocycles. The van der Waals surface area contributed by atoms with Crippen molar-refractivity contribution in [2.75, 3.05) is 13.2 Å². The molecule has 0 radical (unpaired) electrons. The topological polar surface area (TPSA) is 177 Å². The summed E-state index contributed by atoms with van der Waals surface area (Å²) in [6.07, 6.45) is 1.84. The zero-order valence-electron chi connectivity index (χ0n) is 19.4. The fourth-order valence-electron chi connectivity index (χ4n) is 3.69. The molecule has 1 aliphatic rings. The molecule has 4 unspecified atom stereocenters. The van der Waals surface area contributed by atoms with Gasteiger partial charge in [-0.2, -0.15) is 0 Å². The van der Waals surface area contributed by atoms with Crippen LogP contribution in [0.2, 0.25) is 0 Å². The average Bonchev–Trinajstić information content (AvgIpc) is 3.32. The predicted octanol–water partition coefficient (Wildman–Crippen LogP) is -0.736. The number of hydrogen-bond acceptors (Lipinski definition) is 7. The van der Waals surface area contributed by atoms with Crippen molar-refractivity contribution < 1.29 is 34.5 Å². The molecule has 1 aromatic carbocycles. The minimum atomic E-state index is -1.50. The Kier molecular flexibility index (Phi) is 10.3. The number of aliphatic hydroxyl groups is 1. The fourth-order valence-corrected chi connectivity index (χ4v) is 3.69. The van der Waals surface area contributed by atoms with Gasteiger partial charge in [0.05, 0.1) is 12.6 Å². The van der Waals surface area contributed by atoms with Gasteiger partial charge in [-0.1, -0.05) is 26.0 Å². The SMILES string of the molecule is CC(C)CC(NC(=O)C(Cc1ccc(O)cc1)NC(=O)C1CCCN1)C(=O)NC(CO)C(=O)O. The summed E-state index contributed by atoms with van der Waals surface area (Å²) in [5.41, 5.74) is 0.689. The van der Waals surface area contributed by atoms with E-state index in [1.54, 1.807) is 12.1 Å². The Balaban J connectivity index is 2.18. The van der Waals surface area contributed by atoms with Gasteiger partial charge in [0.15, 0.2) is 0 Å². The van der Waals surface area contributed by atoms with Crippen LogP contribution in [-0.4, -0.2) is 76.3 Å². The van der Waals surface area contributed by atoms with Gasteiger partial charge < -0.3 is 36.6 Å². The Morgan fingerprint density at radius 3 is 2.15 bits per heavy atom. The van der Waals surface area contributed by atoms with E-state index in [2.05, 4.69) is 21.3 Å². The smallest absolute Gasteiger partial charge is 0.328 e. The molecular weight excluding hydrogens is 444 g/mol. The summed E-state index contributed by atoms with van der Waals surface area (Å²) in [5, 5.41) is 38.5. The van der Waals surface area contributed by atoms with Crippen LogP contribution in [0.15, 0.2) is 24.3 Å². The van der Waals surface area contributed by atoms with Crippen LogP contribution in [-0.2, 0) is 25.6 Å². The van der Waals surface area contributed by atoms with Crippen LogP contribution in [0.5, 0.6) is 5.75 Å². The summed E-state index contributed by atoms with van der Waals surface area (Å²) in [5.74, 6) is -3.01. The summed E-state index contributed by atoms with van der Waals surface area (Å²) >= 11 is 0. The molecule has 4 atom stereocenters. The molecule has 1 aliphatic heterocycles. The van der Waals surface area contributed by atoms with Gasteiger partial charge in [-0.15, -0.1) is 0 Å². The normalized spacial score (nSPS) is 18.1. The standard InChI is InChI=1S/C23H34N4O7/c1-13(2)10-17(21(31)27-19(12-28)23(33)34)25-22(32)18(11-14-5-7-15(29)8-6-14)26-20(30)16-4-3-9-24-16/h5-8,13,16-19,24,28-29H,3-4,9-12H2,1-2H3,(H,25,32)(H,26,30)(H,27,31)(H,33,34). The number of benzene rings is 1. The number of hydrogen-bond donors (Lipinski definition) is 7. The lowest BCUT2D eigenvalue weighted by Gasteiger charge is -2.26. The first-order chi connectivity index (χ1) is 16.1. The van der Waals surface area contributed by atoms with Crippen LogP contribution < -0.4 is 21.3 Å². The lowest BCUT2D eigenvalue weighted by Crippen LogP contribution is -2.58. The van der Waals surface area contributed by atoms with E-state index in [0.717, 1.165) is 6.42 Å². The molecule has 1 heterocycles. The number of phenols is 1. The van der Waals surface area contributed by atoms with Crippen molar-refractivity contribution in [2.45, 2.75) is 63.7 Å². The first-order valence-electron chi connectivity index (χ1n) is 11.4. The molecule has 11 nitrogen and oxygen atoms in total. The fraction of sp³-hybridized carbons (Fsp3) is 0.565. The molecular formula is C23H34N4O7. The number of carboxylic acid groups (broad SMARTS) is 1. The lowest BCUT2D eigenvalue weighted by atomic mass is 10.0. The van der Waals surface area contributed by atoms with Crippen LogP contribution in [0.3, 0.4) is 0 Å². The minimum absolute atomic E-state index is 0.0127. The van der Waals surface area contributed by atoms with Crippen molar-refractivity contribution in [3.8, 4) is 5.75 Å². The van der Waals surface area contributed by atoms with Gasteiger partial charge in [0.25, 0.3) is 0 Å². The molecule has 1 fully saturated rings. The van der Waals surface area contributed by atoms with E-state index in [4.69, 9.17) is 5.11 Å². The molecule has 11 heteroatoms. The second kappa shape index (κ2) is 12.9. The van der Waals surface area contributed by atoms with E-state index >= 15 is 0 Å². The van der Waals surface area contributed by atoms with Crippen molar-refractivity contribution in [1.29, 1.82) is 0 Å². The Bertz CT molecular complexity index is 853. The number of carbonyl (C=O) groups excluding carboxylic acids is 3. The highest BCUT2D eigenvalue weighted by atomic mass is 16.4. The Morgan fingerprint density at radius 2 is 1.62 bits per heavy atom. The maximum Gasteiger partial charge on any atom is 0.328 e. The molecule has 0 bridgehead atoms. The number of carbonyl (C=O) groups is 4. The zero-order valence-corrected chi connectivity index (χ0v) is 19.4. The zero-order chi connectivity index (χ0) is 25.3. The highest BCUT2D eigenvalue weighted by molar-refractivity contribution is 5.94. The van der Waals surface area contributed by atoms with Crippen molar-refractivity contribution in [3.05, 3.63) is 29.8 Å². The third-order valence-electron chi connectivity index (χ3n) is 5.52. The average molecular weight is 479 g/mol. The summed E-state index contributed by atoms with van der Waals surface area (Å²) < 4.78 is 0. The summed E-state index contributed by atoms with van der Waals surface area (Å²) in [6, 6.07) is 2.23. The van der Waals surface area contributed by atoms with Gasteiger partial charge in [0, 0.05) is 6.42 Å². The number of phenolic OH excluding ortho intramolecular Hbond substituents is 1. The lowest BCUT2D eigenvalue weighted by molar-refractivity contribution is -0.143. The summed E-state index contributed by atoms with van der Waals surface area (Å²) in [6.45, 7) is 3.60. The third-order valence-corrected chi connectivity index (χ3v) is 5.52. The molecule has 188 valence electrons. The molecule has 1 aromatic rings. The van der Waals surface area contributed by atoms with Gasteiger partial charge >= 0.3 is 5.97 Å².